The lowest BCUT2D eigenvalue weighted by Crippen LogP contribution is -2.42. The summed E-state index contributed by atoms with van der Waals surface area (Å²) < 4.78 is 0. The Morgan fingerprint density at radius 1 is 0.852 bits per heavy atom. The third-order valence-electron chi connectivity index (χ3n) is 5.13. The van der Waals surface area contributed by atoms with Crippen molar-refractivity contribution < 1.29 is 4.79 Å². The molecule has 132 valence electrons. The number of nitrogens with one attached hydrogen (secondary N) is 2. The Hall–Kier alpha value is -3.53. The summed E-state index contributed by atoms with van der Waals surface area (Å²) in [5, 5.41) is 4.70. The number of carbonyl (C=O) groups excluding carboxylic acids is 1. The van der Waals surface area contributed by atoms with Crippen molar-refractivity contribution in [2.45, 2.75) is 12.7 Å². The lowest BCUT2D eigenvalue weighted by Gasteiger charge is -2.38. The smallest absolute Gasteiger partial charge is 0.258 e. The first-order chi connectivity index (χ1) is 13.3. The predicted octanol–water partition coefficient (Wildman–Crippen LogP) is 4.93. The average molecular weight is 353 g/mol. The maximum atomic E-state index is 13.3. The van der Waals surface area contributed by atoms with E-state index in [0.717, 1.165) is 27.7 Å². The second kappa shape index (κ2) is 6.32. The van der Waals surface area contributed by atoms with Crippen LogP contribution < -0.4 is 5.32 Å². The molecular weight excluding hydrogens is 334 g/mol. The number of aromatic amines is 1. The monoisotopic (exact) mass is 353 g/mol. The Bertz CT molecular complexity index is 1120. The van der Waals surface area contributed by atoms with E-state index in [1.807, 2.05) is 65.7 Å². The fraction of sp³-hybridized carbons (Fsp3) is 0.0870. The molecule has 27 heavy (non-hydrogen) atoms. The maximum Gasteiger partial charge on any atom is 0.258 e. The number of nitrogens with zero attached hydrogens (tertiary/aromatic N) is 1. The molecule has 0 bridgehead atoms. The Labute approximate surface area is 157 Å². The fourth-order valence-electron chi connectivity index (χ4n) is 3.80. The number of carbonyl (C=O) groups is 1. The highest BCUT2D eigenvalue weighted by Gasteiger charge is 2.33. The molecule has 0 saturated heterocycles. The molecule has 4 heteroatoms. The highest BCUT2D eigenvalue weighted by Crippen LogP contribution is 2.36. The fourth-order valence-corrected chi connectivity index (χ4v) is 3.80. The molecule has 4 nitrogen and oxygen atoms in total. The molecular formula is C23H19N3O. The number of hydrogen-bond donors (Lipinski definition) is 2. The van der Waals surface area contributed by atoms with Gasteiger partial charge in [-0.1, -0.05) is 60.7 Å². The van der Waals surface area contributed by atoms with Crippen LogP contribution in [-0.2, 0) is 6.54 Å². The summed E-state index contributed by atoms with van der Waals surface area (Å²) in [5.74, 6) is 0.0449. The minimum atomic E-state index is -0.233. The number of amides is 1. The molecule has 0 spiro atoms. The predicted molar refractivity (Wildman–Crippen MR) is 107 cm³/mol. The van der Waals surface area contributed by atoms with Crippen molar-refractivity contribution in [1.29, 1.82) is 0 Å². The van der Waals surface area contributed by atoms with Gasteiger partial charge in [-0.15, -0.1) is 0 Å². The van der Waals surface area contributed by atoms with Gasteiger partial charge in [0.2, 0.25) is 0 Å². The molecule has 4 aromatic rings. The van der Waals surface area contributed by atoms with Gasteiger partial charge in [0.15, 0.2) is 0 Å². The van der Waals surface area contributed by atoms with Crippen LogP contribution in [0, 0.1) is 0 Å². The second-order valence-electron chi connectivity index (χ2n) is 6.80. The van der Waals surface area contributed by atoms with Gasteiger partial charge < -0.3 is 15.2 Å². The lowest BCUT2D eigenvalue weighted by molar-refractivity contribution is 0.0668. The molecule has 0 saturated carbocycles. The Morgan fingerprint density at radius 2 is 1.59 bits per heavy atom. The molecule has 1 unspecified atom stereocenters. The van der Waals surface area contributed by atoms with Crippen LogP contribution in [0.2, 0.25) is 0 Å². The minimum absolute atomic E-state index is 0.0449. The average Bonchev–Trinajstić information content (AvgIpc) is 3.15. The van der Waals surface area contributed by atoms with Gasteiger partial charge in [-0.05, 0) is 23.8 Å². The van der Waals surface area contributed by atoms with Crippen molar-refractivity contribution in [3.05, 3.63) is 102 Å². The number of benzene rings is 3. The van der Waals surface area contributed by atoms with E-state index in [1.54, 1.807) is 0 Å². The van der Waals surface area contributed by atoms with Gasteiger partial charge in [0.1, 0.15) is 6.17 Å². The van der Waals surface area contributed by atoms with E-state index in [4.69, 9.17) is 0 Å². The van der Waals surface area contributed by atoms with Crippen LogP contribution in [-0.4, -0.2) is 15.8 Å². The highest BCUT2D eigenvalue weighted by molar-refractivity contribution is 6.02. The molecule has 5 rings (SSSR count). The molecule has 1 amide bonds. The van der Waals surface area contributed by atoms with Crippen LogP contribution in [0.25, 0.3) is 10.9 Å². The molecule has 1 atom stereocenters. The summed E-state index contributed by atoms with van der Waals surface area (Å²) in [4.78, 5) is 18.6. The zero-order valence-corrected chi connectivity index (χ0v) is 14.7. The van der Waals surface area contributed by atoms with Crippen LogP contribution in [0.1, 0.15) is 27.7 Å². The third-order valence-corrected chi connectivity index (χ3v) is 5.13. The van der Waals surface area contributed by atoms with E-state index in [9.17, 15) is 4.79 Å². The molecule has 1 aliphatic heterocycles. The van der Waals surface area contributed by atoms with Gasteiger partial charge in [-0.2, -0.15) is 0 Å². The molecule has 0 aliphatic carbocycles. The standard InChI is InChI=1S/C23H19N3O/c27-23-18-11-5-7-13-21(18)25-22(26(23)15-16-8-2-1-3-9-16)19-14-24-20-12-6-4-10-17(19)20/h1-14,22,24-25H,15H2. The van der Waals surface area contributed by atoms with Crippen molar-refractivity contribution >= 4 is 22.5 Å². The summed E-state index contributed by atoms with van der Waals surface area (Å²) in [6.07, 6.45) is 1.77. The molecule has 0 radical (unpaired) electrons. The van der Waals surface area contributed by atoms with Crippen molar-refractivity contribution in [3.63, 3.8) is 0 Å². The van der Waals surface area contributed by atoms with Crippen LogP contribution in [0.3, 0.4) is 0 Å². The summed E-state index contributed by atoms with van der Waals surface area (Å²) in [5.41, 5.74) is 4.84. The number of H-pyrrole nitrogens is 1. The molecule has 0 fully saturated rings. The SMILES string of the molecule is O=C1c2ccccc2NC(c2c[nH]c3ccccc23)N1Cc1ccccc1. The van der Waals surface area contributed by atoms with Gasteiger partial charge in [-0.3, -0.25) is 4.79 Å². The molecule has 1 aromatic heterocycles. The number of fused-ring (bicyclic) bond motifs is 2. The van der Waals surface area contributed by atoms with Gasteiger partial charge in [0, 0.05) is 34.9 Å². The van der Waals surface area contributed by atoms with E-state index < -0.39 is 0 Å². The number of aromatic nitrogens is 1. The molecule has 3 aromatic carbocycles. The van der Waals surface area contributed by atoms with Gasteiger partial charge in [-0.25, -0.2) is 0 Å². The largest absolute Gasteiger partial charge is 0.361 e. The van der Waals surface area contributed by atoms with Crippen molar-refractivity contribution in [2.75, 3.05) is 5.32 Å². The van der Waals surface area contributed by atoms with E-state index >= 15 is 0 Å². The van der Waals surface area contributed by atoms with Crippen LogP contribution in [0.4, 0.5) is 5.69 Å². The zero-order valence-electron chi connectivity index (χ0n) is 14.7. The Kier molecular flexibility index (Phi) is 3.68. The van der Waals surface area contributed by atoms with Crippen LogP contribution in [0.5, 0.6) is 0 Å². The maximum absolute atomic E-state index is 13.3. The van der Waals surface area contributed by atoms with Crippen molar-refractivity contribution in [3.8, 4) is 0 Å². The van der Waals surface area contributed by atoms with E-state index in [0.29, 0.717) is 12.1 Å². The normalized spacial score (nSPS) is 16.2. The topological polar surface area (TPSA) is 48.1 Å². The van der Waals surface area contributed by atoms with Crippen LogP contribution >= 0.6 is 0 Å². The first kappa shape index (κ1) is 15.7. The van der Waals surface area contributed by atoms with Crippen molar-refractivity contribution in [1.82, 2.24) is 9.88 Å². The summed E-state index contributed by atoms with van der Waals surface area (Å²) in [6.45, 7) is 0.547. The summed E-state index contributed by atoms with van der Waals surface area (Å²) >= 11 is 0. The second-order valence-corrected chi connectivity index (χ2v) is 6.80. The molecule has 2 heterocycles. The molecule has 1 aliphatic rings. The lowest BCUT2D eigenvalue weighted by atomic mass is 10.0. The first-order valence-corrected chi connectivity index (χ1v) is 9.08. The summed E-state index contributed by atoms with van der Waals surface area (Å²) in [7, 11) is 0. The van der Waals surface area contributed by atoms with E-state index in [-0.39, 0.29) is 12.1 Å². The number of anilines is 1. The highest BCUT2D eigenvalue weighted by atomic mass is 16.2. The zero-order chi connectivity index (χ0) is 18.2. The quantitative estimate of drug-likeness (QED) is 0.548. The van der Waals surface area contributed by atoms with Crippen LogP contribution in [0.15, 0.2) is 85.1 Å². The Balaban J connectivity index is 1.63. The third kappa shape index (κ3) is 2.66. The summed E-state index contributed by atoms with van der Waals surface area (Å²) in [6, 6.07) is 26.0. The Morgan fingerprint density at radius 3 is 2.48 bits per heavy atom. The van der Waals surface area contributed by atoms with Gasteiger partial charge in [0.05, 0.1) is 5.56 Å². The number of rotatable bonds is 3. The van der Waals surface area contributed by atoms with E-state index in [2.05, 4.69) is 34.6 Å². The van der Waals surface area contributed by atoms with Gasteiger partial charge in [0.25, 0.3) is 5.91 Å². The first-order valence-electron chi connectivity index (χ1n) is 9.08. The van der Waals surface area contributed by atoms with Gasteiger partial charge >= 0.3 is 0 Å². The van der Waals surface area contributed by atoms with E-state index in [1.165, 1.54) is 0 Å². The minimum Gasteiger partial charge on any atom is -0.361 e. The number of hydrogen-bond acceptors (Lipinski definition) is 2. The van der Waals surface area contributed by atoms with Crippen molar-refractivity contribution in [2.24, 2.45) is 0 Å². The number of para-hydroxylation sites is 2. The molecule has 2 N–H and O–H groups in total.